The van der Waals surface area contributed by atoms with Crippen LogP contribution < -0.4 is 10.6 Å². The van der Waals surface area contributed by atoms with Crippen LogP contribution in [0.2, 0.25) is 0 Å². The minimum absolute atomic E-state index is 0.105. The van der Waals surface area contributed by atoms with Crippen LogP contribution >= 0.6 is 0 Å². The van der Waals surface area contributed by atoms with Gasteiger partial charge in [-0.3, -0.25) is 5.32 Å². The van der Waals surface area contributed by atoms with Crippen molar-refractivity contribution in [1.82, 2.24) is 15.2 Å². The topological polar surface area (TPSA) is 67.6 Å². The van der Waals surface area contributed by atoms with E-state index in [0.29, 0.717) is 0 Å². The SMILES string of the molecule is C1=Cc2oc3cc(-c4cccc5c4oc4c(C6=NC(c7ccccc7)NC(c7ccccc7)N6)cccc45)ccc3c2C(n2c3ccccc3c3ccccc32)C1. The molecule has 0 fully saturated rings. The van der Waals surface area contributed by atoms with E-state index in [1.165, 1.54) is 27.4 Å². The lowest BCUT2D eigenvalue weighted by atomic mass is 9.93. The van der Waals surface area contributed by atoms with E-state index in [0.717, 1.165) is 78.7 Å². The number of allylic oxidation sites excluding steroid dienone is 1. The van der Waals surface area contributed by atoms with Gasteiger partial charge >= 0.3 is 0 Å². The van der Waals surface area contributed by atoms with Crippen molar-refractivity contribution in [3.8, 4) is 11.1 Å². The van der Waals surface area contributed by atoms with Crippen molar-refractivity contribution in [3.63, 3.8) is 0 Å². The predicted molar refractivity (Wildman–Crippen MR) is 231 cm³/mol. The van der Waals surface area contributed by atoms with Crippen molar-refractivity contribution >= 4 is 66.6 Å². The molecule has 12 rings (SSSR count). The summed E-state index contributed by atoms with van der Waals surface area (Å²) >= 11 is 0. The first-order valence-electron chi connectivity index (χ1n) is 19.6. The van der Waals surface area contributed by atoms with Crippen molar-refractivity contribution in [1.29, 1.82) is 0 Å². The summed E-state index contributed by atoms with van der Waals surface area (Å²) in [4.78, 5) is 5.24. The Morgan fingerprint density at radius 1 is 0.561 bits per heavy atom. The Morgan fingerprint density at radius 3 is 1.93 bits per heavy atom. The van der Waals surface area contributed by atoms with Gasteiger partial charge in [-0.1, -0.05) is 146 Å². The lowest BCUT2D eigenvalue weighted by Crippen LogP contribution is -2.45. The summed E-state index contributed by atoms with van der Waals surface area (Å²) in [5.74, 6) is 1.71. The second-order valence-electron chi connectivity index (χ2n) is 15.1. The largest absolute Gasteiger partial charge is 0.456 e. The minimum Gasteiger partial charge on any atom is -0.456 e. The van der Waals surface area contributed by atoms with Crippen LogP contribution in [-0.4, -0.2) is 10.4 Å². The lowest BCUT2D eigenvalue weighted by Gasteiger charge is -2.32. The van der Waals surface area contributed by atoms with E-state index < -0.39 is 0 Å². The highest BCUT2D eigenvalue weighted by atomic mass is 16.3. The van der Waals surface area contributed by atoms with E-state index in [-0.39, 0.29) is 18.4 Å². The van der Waals surface area contributed by atoms with Crippen LogP contribution in [0.3, 0.4) is 0 Å². The number of hydrogen-bond acceptors (Lipinski definition) is 5. The van der Waals surface area contributed by atoms with Gasteiger partial charge in [-0.15, -0.1) is 0 Å². The number of nitrogens with one attached hydrogen (secondary N) is 2. The van der Waals surface area contributed by atoms with Gasteiger partial charge in [-0.2, -0.15) is 0 Å². The number of hydrogen-bond donors (Lipinski definition) is 2. The zero-order valence-corrected chi connectivity index (χ0v) is 30.9. The van der Waals surface area contributed by atoms with Crippen LogP contribution in [0, 0.1) is 0 Å². The van der Waals surface area contributed by atoms with Crippen LogP contribution in [0.1, 0.15) is 52.8 Å². The maximum atomic E-state index is 6.96. The average molecular weight is 737 g/mol. The number of fused-ring (bicyclic) bond motifs is 9. The third-order valence-corrected chi connectivity index (χ3v) is 11.9. The number of furan rings is 2. The first-order valence-corrected chi connectivity index (χ1v) is 19.6. The summed E-state index contributed by atoms with van der Waals surface area (Å²) in [5.41, 5.74) is 11.5. The third kappa shape index (κ3) is 5.04. The summed E-state index contributed by atoms with van der Waals surface area (Å²) in [5, 5.41) is 13.2. The Kier molecular flexibility index (Phi) is 7.16. The number of rotatable bonds is 5. The predicted octanol–water partition coefficient (Wildman–Crippen LogP) is 12.5. The Hall–Kier alpha value is -7.15. The fraction of sp³-hybridized carbons (Fsp3) is 0.0784. The second kappa shape index (κ2) is 12.7. The second-order valence-corrected chi connectivity index (χ2v) is 15.1. The average Bonchev–Trinajstić information content (AvgIpc) is 3.96. The van der Waals surface area contributed by atoms with Crippen LogP contribution in [0.25, 0.3) is 71.9 Å². The highest BCUT2D eigenvalue weighted by molar-refractivity contribution is 6.17. The van der Waals surface area contributed by atoms with E-state index in [9.17, 15) is 0 Å². The molecule has 1 aliphatic carbocycles. The van der Waals surface area contributed by atoms with Gasteiger partial charge < -0.3 is 18.7 Å². The molecule has 0 saturated carbocycles. The van der Waals surface area contributed by atoms with Crippen LogP contribution in [0.4, 0.5) is 0 Å². The first kappa shape index (κ1) is 32.1. The molecule has 10 aromatic rings. The number of nitrogens with zero attached hydrogens (tertiary/aromatic N) is 2. The van der Waals surface area contributed by atoms with Crippen LogP contribution in [0.5, 0.6) is 0 Å². The van der Waals surface area contributed by atoms with Gasteiger partial charge in [0.2, 0.25) is 0 Å². The molecule has 0 bridgehead atoms. The zero-order chi connectivity index (χ0) is 37.5. The van der Waals surface area contributed by atoms with E-state index >= 15 is 0 Å². The summed E-state index contributed by atoms with van der Waals surface area (Å²) in [6.07, 6.45) is 4.90. The fourth-order valence-electron chi connectivity index (χ4n) is 9.27. The molecule has 57 heavy (non-hydrogen) atoms. The summed E-state index contributed by atoms with van der Waals surface area (Å²) < 4.78 is 16.2. The van der Waals surface area contributed by atoms with Gasteiger partial charge in [-0.25, -0.2) is 4.99 Å². The van der Waals surface area contributed by atoms with Crippen LogP contribution in [0.15, 0.2) is 184 Å². The Labute approximate surface area is 328 Å². The Morgan fingerprint density at radius 2 is 1.19 bits per heavy atom. The molecule has 0 amide bonds. The van der Waals surface area contributed by atoms with Crippen molar-refractivity contribution in [3.05, 3.63) is 198 Å². The molecule has 6 heteroatoms. The van der Waals surface area contributed by atoms with Crippen LogP contribution in [-0.2, 0) is 0 Å². The fourth-order valence-corrected chi connectivity index (χ4v) is 9.27. The zero-order valence-electron chi connectivity index (χ0n) is 30.9. The number of amidine groups is 1. The number of benzene rings is 7. The Balaban J connectivity index is 0.974. The van der Waals surface area contributed by atoms with Crippen molar-refractivity contribution in [2.45, 2.75) is 24.8 Å². The molecule has 0 radical (unpaired) electrons. The van der Waals surface area contributed by atoms with E-state index in [4.69, 9.17) is 13.8 Å². The number of para-hydroxylation sites is 4. The molecular weight excluding hydrogens is 701 g/mol. The lowest BCUT2D eigenvalue weighted by molar-refractivity contribution is 0.409. The molecule has 4 heterocycles. The molecule has 3 atom stereocenters. The number of aromatic nitrogens is 1. The smallest absolute Gasteiger partial charge is 0.146 e. The first-order chi connectivity index (χ1) is 28.3. The molecule has 1 aliphatic heterocycles. The maximum absolute atomic E-state index is 6.96. The van der Waals surface area contributed by atoms with E-state index in [2.05, 4.69) is 179 Å². The van der Waals surface area contributed by atoms with Gasteiger partial charge in [-0.05, 0) is 53.5 Å². The quantitative estimate of drug-likeness (QED) is 0.185. The van der Waals surface area contributed by atoms with Gasteiger partial charge in [0, 0.05) is 49.1 Å². The number of aliphatic imine (C=N–C) groups is 1. The molecule has 7 aromatic carbocycles. The van der Waals surface area contributed by atoms with Crippen molar-refractivity contribution < 1.29 is 8.83 Å². The normalized spacial score (nSPS) is 18.0. The monoisotopic (exact) mass is 736 g/mol. The van der Waals surface area contributed by atoms with E-state index in [1.54, 1.807) is 0 Å². The maximum Gasteiger partial charge on any atom is 0.146 e. The Bertz CT molecular complexity index is 3190. The minimum atomic E-state index is -0.238. The molecule has 3 unspecified atom stereocenters. The van der Waals surface area contributed by atoms with Crippen molar-refractivity contribution in [2.75, 3.05) is 0 Å². The summed E-state index contributed by atoms with van der Waals surface area (Å²) in [6.45, 7) is 0. The molecule has 0 saturated heterocycles. The molecule has 3 aromatic heterocycles. The van der Waals surface area contributed by atoms with Gasteiger partial charge in [0.1, 0.15) is 40.7 Å². The molecule has 0 spiro atoms. The van der Waals surface area contributed by atoms with Gasteiger partial charge in [0.15, 0.2) is 0 Å². The third-order valence-electron chi connectivity index (χ3n) is 11.9. The summed E-state index contributed by atoms with van der Waals surface area (Å²) in [7, 11) is 0. The van der Waals surface area contributed by atoms with Gasteiger partial charge in [0.05, 0.1) is 11.6 Å². The van der Waals surface area contributed by atoms with Gasteiger partial charge in [0.25, 0.3) is 0 Å². The highest BCUT2D eigenvalue weighted by Gasteiger charge is 2.30. The molecule has 2 N–H and O–H groups in total. The molecular formula is C51H36N4O2. The molecule has 2 aliphatic rings. The van der Waals surface area contributed by atoms with E-state index in [1.807, 2.05) is 12.1 Å². The molecule has 272 valence electrons. The highest BCUT2D eigenvalue weighted by Crippen LogP contribution is 2.45. The van der Waals surface area contributed by atoms with Crippen molar-refractivity contribution in [2.24, 2.45) is 4.99 Å². The molecule has 6 nitrogen and oxygen atoms in total. The standard InChI is InChI=1S/C51H36N4O2/c1-3-14-31(15-4-1)49-52-50(32-16-5-2-6-17-32)54-51(53-49)40-23-12-22-38-37-21-11-20-34(47(37)57-48(38)40)33-28-29-39-45(30-33)56-44-27-13-26-43(46(39)44)55-41-24-9-7-18-35(41)36-19-8-10-25-42(36)55/h1-25,27-30,43,49-50,52H,26H2,(H,53,54). The summed E-state index contributed by atoms with van der Waals surface area (Å²) in [6, 6.07) is 57.8.